The SMILES string of the molecule is Cc1nc(C2(NCc3nc(C(C)(C)C)no3)CCCCCC2)no1. The zero-order valence-electron chi connectivity index (χ0n) is 15.1. The molecule has 0 unspecified atom stereocenters. The highest BCUT2D eigenvalue weighted by atomic mass is 16.5. The van der Waals surface area contributed by atoms with E-state index in [1.54, 1.807) is 0 Å². The van der Waals surface area contributed by atoms with Crippen molar-refractivity contribution in [3.8, 4) is 0 Å². The molecule has 0 amide bonds. The largest absolute Gasteiger partial charge is 0.340 e. The van der Waals surface area contributed by atoms with Gasteiger partial charge in [0.25, 0.3) is 0 Å². The predicted molar refractivity (Wildman–Crippen MR) is 88.3 cm³/mol. The minimum atomic E-state index is -0.273. The molecule has 1 aliphatic carbocycles. The molecule has 132 valence electrons. The topological polar surface area (TPSA) is 89.9 Å². The van der Waals surface area contributed by atoms with E-state index in [1.807, 2.05) is 6.92 Å². The van der Waals surface area contributed by atoms with E-state index in [4.69, 9.17) is 9.05 Å². The Morgan fingerprint density at radius 1 is 1.00 bits per heavy atom. The molecule has 1 fully saturated rings. The van der Waals surface area contributed by atoms with E-state index < -0.39 is 0 Å². The van der Waals surface area contributed by atoms with Crippen molar-refractivity contribution >= 4 is 0 Å². The maximum Gasteiger partial charge on any atom is 0.240 e. The van der Waals surface area contributed by atoms with Crippen molar-refractivity contribution < 1.29 is 9.05 Å². The summed E-state index contributed by atoms with van der Waals surface area (Å²) in [5.74, 6) is 2.68. The fraction of sp³-hybridized carbons (Fsp3) is 0.765. The second-order valence-corrected chi connectivity index (χ2v) is 7.75. The summed E-state index contributed by atoms with van der Waals surface area (Å²) in [6.07, 6.45) is 6.78. The van der Waals surface area contributed by atoms with Crippen LogP contribution in [0, 0.1) is 6.92 Å². The van der Waals surface area contributed by atoms with Gasteiger partial charge in [0, 0.05) is 12.3 Å². The number of nitrogens with one attached hydrogen (secondary N) is 1. The zero-order chi connectivity index (χ0) is 17.2. The molecule has 0 spiro atoms. The van der Waals surface area contributed by atoms with Gasteiger partial charge in [-0.2, -0.15) is 9.97 Å². The third-order valence-electron chi connectivity index (χ3n) is 4.63. The van der Waals surface area contributed by atoms with Crippen LogP contribution < -0.4 is 5.32 Å². The molecule has 0 bridgehead atoms. The lowest BCUT2D eigenvalue weighted by Crippen LogP contribution is -2.42. The molecular formula is C17H27N5O2. The van der Waals surface area contributed by atoms with Crippen LogP contribution in [0.5, 0.6) is 0 Å². The van der Waals surface area contributed by atoms with Gasteiger partial charge in [0.15, 0.2) is 11.6 Å². The van der Waals surface area contributed by atoms with Gasteiger partial charge >= 0.3 is 0 Å². The Kier molecular flexibility index (Phi) is 4.71. The van der Waals surface area contributed by atoms with Crippen LogP contribution in [-0.4, -0.2) is 20.3 Å². The van der Waals surface area contributed by atoms with Gasteiger partial charge in [-0.3, -0.25) is 5.32 Å². The summed E-state index contributed by atoms with van der Waals surface area (Å²) >= 11 is 0. The lowest BCUT2D eigenvalue weighted by atomic mass is 9.89. The maximum atomic E-state index is 5.41. The Morgan fingerprint density at radius 3 is 2.25 bits per heavy atom. The first-order valence-electron chi connectivity index (χ1n) is 8.78. The van der Waals surface area contributed by atoms with Crippen LogP contribution in [0.15, 0.2) is 9.05 Å². The van der Waals surface area contributed by atoms with Gasteiger partial charge in [0.1, 0.15) is 0 Å². The van der Waals surface area contributed by atoms with E-state index in [-0.39, 0.29) is 11.0 Å². The van der Waals surface area contributed by atoms with Crippen LogP contribution in [0.1, 0.15) is 82.7 Å². The molecular weight excluding hydrogens is 306 g/mol. The minimum absolute atomic E-state index is 0.119. The van der Waals surface area contributed by atoms with E-state index in [0.717, 1.165) is 37.3 Å². The highest BCUT2D eigenvalue weighted by molar-refractivity contribution is 5.07. The van der Waals surface area contributed by atoms with Crippen LogP contribution in [0.3, 0.4) is 0 Å². The smallest absolute Gasteiger partial charge is 0.240 e. The number of hydrogen-bond acceptors (Lipinski definition) is 7. The van der Waals surface area contributed by atoms with Crippen LogP contribution in [0.2, 0.25) is 0 Å². The zero-order valence-corrected chi connectivity index (χ0v) is 15.1. The molecule has 0 atom stereocenters. The van der Waals surface area contributed by atoms with Crippen molar-refractivity contribution in [1.82, 2.24) is 25.6 Å². The summed E-state index contributed by atoms with van der Waals surface area (Å²) < 4.78 is 10.6. The van der Waals surface area contributed by atoms with Gasteiger partial charge < -0.3 is 9.05 Å². The lowest BCUT2D eigenvalue weighted by molar-refractivity contribution is 0.241. The molecule has 0 saturated heterocycles. The van der Waals surface area contributed by atoms with E-state index in [2.05, 4.69) is 46.4 Å². The van der Waals surface area contributed by atoms with Gasteiger partial charge in [0.2, 0.25) is 11.8 Å². The molecule has 1 saturated carbocycles. The fourth-order valence-corrected chi connectivity index (χ4v) is 3.18. The first-order valence-corrected chi connectivity index (χ1v) is 8.78. The Bertz CT molecular complexity index is 663. The third kappa shape index (κ3) is 3.66. The van der Waals surface area contributed by atoms with E-state index in [1.165, 1.54) is 12.8 Å². The summed E-state index contributed by atoms with van der Waals surface area (Å²) in [6, 6.07) is 0. The average molecular weight is 333 g/mol. The van der Waals surface area contributed by atoms with Crippen molar-refractivity contribution in [2.45, 2.75) is 83.7 Å². The Balaban J connectivity index is 1.78. The van der Waals surface area contributed by atoms with Crippen molar-refractivity contribution in [2.75, 3.05) is 0 Å². The standard InChI is InChI=1S/C17H27N5O2/c1-12-19-15(22-23-12)17(9-7-5-6-8-10-17)18-11-13-20-14(21-24-13)16(2,3)4/h18H,5-11H2,1-4H3. The maximum absolute atomic E-state index is 5.41. The molecule has 0 aromatic carbocycles. The van der Waals surface area contributed by atoms with Crippen LogP contribution in [-0.2, 0) is 17.5 Å². The van der Waals surface area contributed by atoms with Crippen molar-refractivity contribution in [3.05, 3.63) is 23.4 Å². The summed E-state index contributed by atoms with van der Waals surface area (Å²) in [7, 11) is 0. The highest BCUT2D eigenvalue weighted by Crippen LogP contribution is 2.35. The summed E-state index contributed by atoms with van der Waals surface area (Å²) in [5, 5.41) is 11.9. The number of aryl methyl sites for hydroxylation is 1. The number of nitrogens with zero attached hydrogens (tertiary/aromatic N) is 4. The monoisotopic (exact) mass is 333 g/mol. The molecule has 0 aliphatic heterocycles. The molecule has 2 aromatic rings. The second kappa shape index (κ2) is 6.63. The molecule has 3 rings (SSSR count). The number of hydrogen-bond donors (Lipinski definition) is 1. The van der Waals surface area contributed by atoms with Crippen LogP contribution in [0.4, 0.5) is 0 Å². The van der Waals surface area contributed by atoms with Gasteiger partial charge in [-0.25, -0.2) is 0 Å². The molecule has 0 radical (unpaired) electrons. The number of rotatable bonds is 4. The van der Waals surface area contributed by atoms with Crippen LogP contribution in [0.25, 0.3) is 0 Å². The molecule has 2 heterocycles. The quantitative estimate of drug-likeness (QED) is 0.858. The van der Waals surface area contributed by atoms with E-state index in [0.29, 0.717) is 18.3 Å². The van der Waals surface area contributed by atoms with E-state index in [9.17, 15) is 0 Å². The highest BCUT2D eigenvalue weighted by Gasteiger charge is 2.37. The first-order chi connectivity index (χ1) is 11.4. The third-order valence-corrected chi connectivity index (χ3v) is 4.63. The van der Waals surface area contributed by atoms with Gasteiger partial charge in [-0.05, 0) is 12.8 Å². The Labute approximate surface area is 142 Å². The minimum Gasteiger partial charge on any atom is -0.340 e. The lowest BCUT2D eigenvalue weighted by Gasteiger charge is -2.30. The van der Waals surface area contributed by atoms with Gasteiger partial charge in [0.05, 0.1) is 12.1 Å². The predicted octanol–water partition coefficient (Wildman–Crippen LogP) is 3.40. The second-order valence-electron chi connectivity index (χ2n) is 7.75. The summed E-state index contributed by atoms with van der Waals surface area (Å²) in [5.41, 5.74) is -0.392. The normalized spacial score (nSPS) is 18.5. The molecule has 1 N–H and O–H groups in total. The Morgan fingerprint density at radius 2 is 1.71 bits per heavy atom. The van der Waals surface area contributed by atoms with Gasteiger partial charge in [-0.1, -0.05) is 56.8 Å². The molecule has 7 heteroatoms. The van der Waals surface area contributed by atoms with Crippen molar-refractivity contribution in [3.63, 3.8) is 0 Å². The van der Waals surface area contributed by atoms with Crippen molar-refractivity contribution in [2.24, 2.45) is 0 Å². The van der Waals surface area contributed by atoms with Gasteiger partial charge in [-0.15, -0.1) is 0 Å². The average Bonchev–Trinajstić information content (AvgIpc) is 3.10. The summed E-state index contributed by atoms with van der Waals surface area (Å²) in [4.78, 5) is 9.01. The molecule has 1 aliphatic rings. The molecule has 2 aromatic heterocycles. The first kappa shape index (κ1) is 17.1. The Hall–Kier alpha value is -1.76. The molecule has 24 heavy (non-hydrogen) atoms. The summed E-state index contributed by atoms with van der Waals surface area (Å²) in [6.45, 7) is 8.56. The van der Waals surface area contributed by atoms with E-state index >= 15 is 0 Å². The fourth-order valence-electron chi connectivity index (χ4n) is 3.18. The number of aromatic nitrogens is 4. The molecule has 7 nitrogen and oxygen atoms in total. The van der Waals surface area contributed by atoms with Crippen molar-refractivity contribution in [1.29, 1.82) is 0 Å². The van der Waals surface area contributed by atoms with Crippen LogP contribution >= 0.6 is 0 Å².